The number of piperidine rings is 1. The largest absolute Gasteiger partial charge is 0.493 e. The number of carbonyl (C=O) groups excluding carboxylic acids is 1. The Balaban J connectivity index is 1.57. The van der Waals surface area contributed by atoms with E-state index in [0.717, 1.165) is 6.07 Å². The summed E-state index contributed by atoms with van der Waals surface area (Å²) in [5.74, 6) is -0.736. The van der Waals surface area contributed by atoms with Gasteiger partial charge in [-0.15, -0.1) is 0 Å². The Morgan fingerprint density at radius 2 is 1.96 bits per heavy atom. The van der Waals surface area contributed by atoms with Crippen LogP contribution in [0.3, 0.4) is 0 Å². The van der Waals surface area contributed by atoms with Gasteiger partial charge in [-0.25, -0.2) is 12.8 Å². The number of rotatable bonds is 6. The molecule has 2 aromatic rings. The van der Waals surface area contributed by atoms with E-state index in [1.54, 1.807) is 6.07 Å². The summed E-state index contributed by atoms with van der Waals surface area (Å²) in [5, 5.41) is 0. The molecule has 1 aliphatic heterocycles. The number of aromatic nitrogens is 1. The number of nitrogens with zero attached hydrogens (tertiary/aromatic N) is 2. The van der Waals surface area contributed by atoms with Gasteiger partial charge < -0.3 is 10.5 Å². The molecule has 1 amide bonds. The summed E-state index contributed by atoms with van der Waals surface area (Å²) in [6, 6.07) is 8.48. The van der Waals surface area contributed by atoms with Crippen LogP contribution in [-0.2, 0) is 10.0 Å². The van der Waals surface area contributed by atoms with Crippen molar-refractivity contribution >= 4 is 15.9 Å². The Bertz CT molecular complexity index is 928. The number of ether oxygens (including phenoxy) is 1. The normalized spacial score (nSPS) is 16.2. The minimum absolute atomic E-state index is 0.123. The van der Waals surface area contributed by atoms with Gasteiger partial charge in [0.25, 0.3) is 5.91 Å². The van der Waals surface area contributed by atoms with Crippen molar-refractivity contribution in [2.45, 2.75) is 17.7 Å². The fraction of sp³-hybridized carbons (Fsp3) is 0.333. The highest BCUT2D eigenvalue weighted by Crippen LogP contribution is 2.26. The lowest BCUT2D eigenvalue weighted by Crippen LogP contribution is -2.40. The molecular weight excluding hydrogens is 373 g/mol. The minimum Gasteiger partial charge on any atom is -0.493 e. The number of hydrogen-bond acceptors (Lipinski definition) is 5. The molecule has 1 aromatic carbocycles. The van der Waals surface area contributed by atoms with E-state index >= 15 is 0 Å². The summed E-state index contributed by atoms with van der Waals surface area (Å²) in [7, 11) is -3.84. The summed E-state index contributed by atoms with van der Waals surface area (Å²) in [5.41, 5.74) is 5.31. The van der Waals surface area contributed by atoms with Gasteiger partial charge in [0.1, 0.15) is 22.2 Å². The van der Waals surface area contributed by atoms with Gasteiger partial charge in [0.15, 0.2) is 0 Å². The average molecular weight is 393 g/mol. The van der Waals surface area contributed by atoms with Crippen LogP contribution in [-0.4, -0.2) is 43.3 Å². The Hall–Kier alpha value is -2.52. The molecule has 2 heterocycles. The molecule has 0 aliphatic carbocycles. The molecule has 0 bridgehead atoms. The monoisotopic (exact) mass is 393 g/mol. The van der Waals surface area contributed by atoms with Crippen LogP contribution >= 0.6 is 0 Å². The number of nitrogens with two attached hydrogens (primary N) is 1. The van der Waals surface area contributed by atoms with Gasteiger partial charge in [-0.2, -0.15) is 4.31 Å². The molecule has 2 N–H and O–H groups in total. The molecule has 1 fully saturated rings. The van der Waals surface area contributed by atoms with Crippen LogP contribution < -0.4 is 10.5 Å². The Morgan fingerprint density at radius 1 is 1.26 bits per heavy atom. The molecule has 1 aromatic heterocycles. The molecule has 0 spiro atoms. The molecule has 27 heavy (non-hydrogen) atoms. The third kappa shape index (κ3) is 4.42. The summed E-state index contributed by atoms with van der Waals surface area (Å²) in [4.78, 5) is 14.7. The maximum Gasteiger partial charge on any atom is 0.267 e. The lowest BCUT2D eigenvalue weighted by molar-refractivity contribution is 0.0995. The lowest BCUT2D eigenvalue weighted by Gasteiger charge is -2.31. The van der Waals surface area contributed by atoms with Crippen LogP contribution in [0.5, 0.6) is 5.75 Å². The van der Waals surface area contributed by atoms with E-state index in [9.17, 15) is 17.6 Å². The number of primary amides is 1. The number of sulfonamides is 1. The van der Waals surface area contributed by atoms with E-state index in [4.69, 9.17) is 10.5 Å². The van der Waals surface area contributed by atoms with E-state index in [-0.39, 0.29) is 16.5 Å². The third-order valence-corrected chi connectivity index (χ3v) is 6.43. The first-order chi connectivity index (χ1) is 12.9. The molecule has 0 radical (unpaired) electrons. The molecular formula is C18H20FN3O4S. The number of hydrogen-bond donors (Lipinski definition) is 1. The van der Waals surface area contributed by atoms with Crippen molar-refractivity contribution in [1.29, 1.82) is 0 Å². The van der Waals surface area contributed by atoms with E-state index in [1.165, 1.54) is 34.8 Å². The van der Waals surface area contributed by atoms with Gasteiger partial charge in [0.05, 0.1) is 6.61 Å². The van der Waals surface area contributed by atoms with E-state index in [0.29, 0.717) is 38.3 Å². The molecule has 1 saturated heterocycles. The van der Waals surface area contributed by atoms with Crippen molar-refractivity contribution in [3.8, 4) is 5.75 Å². The maximum absolute atomic E-state index is 13.9. The zero-order valence-corrected chi connectivity index (χ0v) is 15.4. The number of carbonyl (C=O) groups is 1. The van der Waals surface area contributed by atoms with E-state index in [1.807, 2.05) is 0 Å². The second-order valence-electron chi connectivity index (χ2n) is 6.33. The lowest BCUT2D eigenvalue weighted by atomic mass is 9.99. The van der Waals surface area contributed by atoms with Crippen molar-refractivity contribution < 1.29 is 22.3 Å². The first-order valence-corrected chi connectivity index (χ1v) is 9.95. The van der Waals surface area contributed by atoms with Crippen LogP contribution in [0.4, 0.5) is 4.39 Å². The number of amides is 1. The second-order valence-corrected chi connectivity index (χ2v) is 8.24. The number of benzene rings is 1. The Labute approximate surface area is 157 Å². The fourth-order valence-corrected chi connectivity index (χ4v) is 4.49. The minimum atomic E-state index is -3.84. The second kappa shape index (κ2) is 8.01. The Kier molecular flexibility index (Phi) is 5.71. The van der Waals surface area contributed by atoms with Gasteiger partial charge in [0, 0.05) is 25.4 Å². The SMILES string of the molecule is NC(=O)c1cc(OCC2CCN(S(=O)(=O)c3ccccc3F)CC2)ccn1. The molecule has 0 atom stereocenters. The topological polar surface area (TPSA) is 103 Å². The molecule has 1 aliphatic rings. The van der Waals surface area contributed by atoms with Gasteiger partial charge >= 0.3 is 0 Å². The molecule has 9 heteroatoms. The predicted octanol–water partition coefficient (Wildman–Crippen LogP) is 1.80. The molecule has 0 saturated carbocycles. The zero-order chi connectivity index (χ0) is 19.4. The Morgan fingerprint density at radius 3 is 2.63 bits per heavy atom. The summed E-state index contributed by atoms with van der Waals surface area (Å²) in [6.07, 6.45) is 2.64. The first-order valence-electron chi connectivity index (χ1n) is 8.51. The third-order valence-electron chi connectivity index (χ3n) is 4.50. The predicted molar refractivity (Wildman–Crippen MR) is 96.1 cm³/mol. The summed E-state index contributed by atoms with van der Waals surface area (Å²) < 4.78 is 46.0. The quantitative estimate of drug-likeness (QED) is 0.806. The van der Waals surface area contributed by atoms with Gasteiger partial charge in [-0.3, -0.25) is 9.78 Å². The van der Waals surface area contributed by atoms with Gasteiger partial charge in [-0.05, 0) is 37.0 Å². The van der Waals surface area contributed by atoms with E-state index in [2.05, 4.69) is 4.98 Å². The van der Waals surface area contributed by atoms with Crippen LogP contribution in [0.2, 0.25) is 0 Å². The van der Waals surface area contributed by atoms with Gasteiger partial charge in [0.2, 0.25) is 10.0 Å². The number of halogens is 1. The van der Waals surface area contributed by atoms with Crippen molar-refractivity contribution in [2.24, 2.45) is 11.7 Å². The van der Waals surface area contributed by atoms with Gasteiger partial charge in [-0.1, -0.05) is 12.1 Å². The standard InChI is InChI=1S/C18H20FN3O4S/c19-15-3-1-2-4-17(15)27(24,25)22-9-6-13(7-10-22)12-26-14-5-8-21-16(11-14)18(20)23/h1-5,8,11,13H,6-7,9-10,12H2,(H2,20,23). The summed E-state index contributed by atoms with van der Waals surface area (Å²) >= 11 is 0. The van der Waals surface area contributed by atoms with Crippen molar-refractivity contribution in [3.63, 3.8) is 0 Å². The van der Waals surface area contributed by atoms with Crippen LogP contribution in [0.1, 0.15) is 23.3 Å². The molecule has 3 rings (SSSR count). The maximum atomic E-state index is 13.9. The van der Waals surface area contributed by atoms with Crippen LogP contribution in [0.15, 0.2) is 47.5 Å². The molecule has 0 unspecified atom stereocenters. The molecule has 144 valence electrons. The zero-order valence-electron chi connectivity index (χ0n) is 14.5. The average Bonchev–Trinajstić information content (AvgIpc) is 2.67. The summed E-state index contributed by atoms with van der Waals surface area (Å²) in [6.45, 7) is 0.983. The van der Waals surface area contributed by atoms with E-state index < -0.39 is 21.7 Å². The first kappa shape index (κ1) is 19.2. The highest BCUT2D eigenvalue weighted by molar-refractivity contribution is 7.89. The van der Waals surface area contributed by atoms with Crippen LogP contribution in [0.25, 0.3) is 0 Å². The number of pyridine rings is 1. The van der Waals surface area contributed by atoms with Crippen LogP contribution in [0, 0.1) is 11.7 Å². The van der Waals surface area contributed by atoms with Crippen molar-refractivity contribution in [2.75, 3.05) is 19.7 Å². The van der Waals surface area contributed by atoms with Crippen molar-refractivity contribution in [1.82, 2.24) is 9.29 Å². The van der Waals surface area contributed by atoms with Crippen molar-refractivity contribution in [3.05, 3.63) is 54.1 Å². The molecule has 7 nitrogen and oxygen atoms in total. The highest BCUT2D eigenvalue weighted by atomic mass is 32.2. The highest BCUT2D eigenvalue weighted by Gasteiger charge is 2.31. The fourth-order valence-electron chi connectivity index (χ4n) is 2.96. The smallest absolute Gasteiger partial charge is 0.267 e.